The van der Waals surface area contributed by atoms with E-state index in [0.717, 1.165) is 18.0 Å². The molecule has 3 atom stereocenters. The zero-order valence-electron chi connectivity index (χ0n) is 18.3. The molecule has 0 N–H and O–H groups in total. The first-order valence-electron chi connectivity index (χ1n) is 11.2. The lowest BCUT2D eigenvalue weighted by atomic mass is 9.69. The summed E-state index contributed by atoms with van der Waals surface area (Å²) in [5, 5.41) is 8.58. The third-order valence-electron chi connectivity index (χ3n) is 6.93. The Kier molecular flexibility index (Phi) is 6.18. The van der Waals surface area contributed by atoms with Crippen LogP contribution in [0.3, 0.4) is 0 Å². The second-order valence-electron chi connectivity index (χ2n) is 9.37. The van der Waals surface area contributed by atoms with Gasteiger partial charge < -0.3 is 13.9 Å². The summed E-state index contributed by atoms with van der Waals surface area (Å²) in [6.45, 7) is 10.8. The highest BCUT2D eigenvalue weighted by Crippen LogP contribution is 2.39. The molecule has 0 aromatic carbocycles. The molecule has 1 fully saturated rings. The van der Waals surface area contributed by atoms with Gasteiger partial charge in [-0.1, -0.05) is 31.9 Å². The van der Waals surface area contributed by atoms with Gasteiger partial charge in [0.1, 0.15) is 5.69 Å². The molecule has 29 heavy (non-hydrogen) atoms. The highest BCUT2D eigenvalue weighted by atomic mass is 16.4. The summed E-state index contributed by atoms with van der Waals surface area (Å²) in [7, 11) is 1.94. The minimum Gasteiger partial charge on any atom is -0.419 e. The summed E-state index contributed by atoms with van der Waals surface area (Å²) < 4.78 is 7.89. The Morgan fingerprint density at radius 3 is 2.66 bits per heavy atom. The lowest BCUT2D eigenvalue weighted by molar-refractivity contribution is 0.144. The number of hydrogen-bond donors (Lipinski definition) is 0. The van der Waals surface area contributed by atoms with Crippen LogP contribution in [0.15, 0.2) is 28.6 Å². The molecule has 0 saturated carbocycles. The normalized spacial score (nSPS) is 26.1. The maximum Gasteiger partial charge on any atom is 0.265 e. The summed E-state index contributed by atoms with van der Waals surface area (Å²) in [6, 6.07) is 0. The van der Waals surface area contributed by atoms with Gasteiger partial charge in [-0.05, 0) is 62.9 Å². The van der Waals surface area contributed by atoms with Crippen LogP contribution >= 0.6 is 0 Å². The van der Waals surface area contributed by atoms with Crippen molar-refractivity contribution in [3.8, 4) is 11.6 Å². The minimum absolute atomic E-state index is 0.486. The second kappa shape index (κ2) is 8.82. The number of imidazole rings is 1. The van der Waals surface area contributed by atoms with Crippen LogP contribution in [0.4, 0.5) is 0 Å². The molecular formula is C23H35N5O. The van der Waals surface area contributed by atoms with Crippen molar-refractivity contribution >= 4 is 0 Å². The second-order valence-corrected chi connectivity index (χ2v) is 9.37. The van der Waals surface area contributed by atoms with E-state index >= 15 is 0 Å². The molecule has 2 aromatic rings. The highest BCUT2D eigenvalue weighted by Gasteiger charge is 2.33. The fourth-order valence-electron chi connectivity index (χ4n) is 5.14. The standard InChI is InChI=1S/C23H35N5O/c1-16(2)20-11-18(17(3)10-19(20)14-28-8-6-5-7-9-28)12-22-25-26-23(29-22)21-13-24-15-27(21)4/h10,13,15-16,18-20H,5-9,11-12,14H2,1-4H3. The number of likely N-dealkylation sites (tertiary alicyclic amines) is 1. The SMILES string of the molecule is CC1=CC(CN2CCCCC2)C(C(C)C)CC1Cc1nnc(-c2cncn2C)o1. The van der Waals surface area contributed by atoms with Gasteiger partial charge in [0, 0.05) is 20.0 Å². The van der Waals surface area contributed by atoms with Crippen LogP contribution in [0, 0.1) is 23.7 Å². The third kappa shape index (κ3) is 4.63. The molecule has 2 aliphatic rings. The predicted molar refractivity (Wildman–Crippen MR) is 114 cm³/mol. The quantitative estimate of drug-likeness (QED) is 0.678. The van der Waals surface area contributed by atoms with E-state index in [0.29, 0.717) is 29.6 Å². The molecule has 0 spiro atoms. The molecule has 6 nitrogen and oxygen atoms in total. The van der Waals surface area contributed by atoms with Gasteiger partial charge in [-0.3, -0.25) is 0 Å². The van der Waals surface area contributed by atoms with E-state index in [1.54, 1.807) is 12.5 Å². The molecule has 2 aromatic heterocycles. The van der Waals surface area contributed by atoms with Crippen LogP contribution < -0.4 is 0 Å². The highest BCUT2D eigenvalue weighted by molar-refractivity contribution is 5.44. The Labute approximate surface area is 174 Å². The van der Waals surface area contributed by atoms with E-state index in [2.05, 4.69) is 46.9 Å². The number of nitrogens with zero attached hydrogens (tertiary/aromatic N) is 5. The Bertz CT molecular complexity index is 830. The molecular weight excluding hydrogens is 362 g/mol. The van der Waals surface area contributed by atoms with Gasteiger partial charge in [0.15, 0.2) is 0 Å². The van der Waals surface area contributed by atoms with Crippen molar-refractivity contribution < 1.29 is 4.42 Å². The van der Waals surface area contributed by atoms with E-state index in [1.807, 2.05) is 11.6 Å². The maximum atomic E-state index is 5.99. The molecule has 1 aliphatic heterocycles. The molecule has 1 saturated heterocycles. The maximum absolute atomic E-state index is 5.99. The van der Waals surface area contributed by atoms with Crippen LogP contribution in [-0.4, -0.2) is 44.3 Å². The molecule has 4 rings (SSSR count). The Morgan fingerprint density at radius 1 is 1.17 bits per heavy atom. The molecule has 0 amide bonds. The van der Waals surface area contributed by atoms with Gasteiger partial charge in [0.2, 0.25) is 5.89 Å². The summed E-state index contributed by atoms with van der Waals surface area (Å²) >= 11 is 0. The van der Waals surface area contributed by atoms with Crippen molar-refractivity contribution in [2.45, 2.75) is 52.9 Å². The molecule has 0 bridgehead atoms. The zero-order valence-corrected chi connectivity index (χ0v) is 18.3. The van der Waals surface area contributed by atoms with Crippen molar-refractivity contribution in [3.63, 3.8) is 0 Å². The average Bonchev–Trinajstić information content (AvgIpc) is 3.33. The van der Waals surface area contributed by atoms with Crippen molar-refractivity contribution in [1.82, 2.24) is 24.6 Å². The average molecular weight is 398 g/mol. The number of allylic oxidation sites excluding steroid dienone is 1. The van der Waals surface area contributed by atoms with Crippen molar-refractivity contribution in [2.24, 2.45) is 30.7 Å². The minimum atomic E-state index is 0.486. The molecule has 0 radical (unpaired) electrons. The van der Waals surface area contributed by atoms with Crippen LogP contribution in [0.25, 0.3) is 11.6 Å². The first-order chi connectivity index (χ1) is 14.0. The fourth-order valence-corrected chi connectivity index (χ4v) is 5.14. The van der Waals surface area contributed by atoms with Crippen molar-refractivity contribution in [3.05, 3.63) is 30.1 Å². The predicted octanol–water partition coefficient (Wildman–Crippen LogP) is 4.35. The summed E-state index contributed by atoms with van der Waals surface area (Å²) in [6.07, 6.45) is 12.2. The first kappa shape index (κ1) is 20.3. The van der Waals surface area contributed by atoms with Gasteiger partial charge in [0.05, 0.1) is 12.5 Å². The number of hydrogen-bond acceptors (Lipinski definition) is 5. The van der Waals surface area contributed by atoms with Crippen LogP contribution in [0.5, 0.6) is 0 Å². The van der Waals surface area contributed by atoms with Crippen molar-refractivity contribution in [2.75, 3.05) is 19.6 Å². The summed E-state index contributed by atoms with van der Waals surface area (Å²) in [5.74, 6) is 3.84. The molecule has 6 heteroatoms. The number of rotatable bonds is 6. The number of aromatic nitrogens is 4. The monoisotopic (exact) mass is 397 g/mol. The molecule has 158 valence electrons. The van der Waals surface area contributed by atoms with Gasteiger partial charge in [-0.2, -0.15) is 0 Å². The van der Waals surface area contributed by atoms with E-state index in [-0.39, 0.29) is 0 Å². The fraction of sp³-hybridized carbons (Fsp3) is 0.696. The van der Waals surface area contributed by atoms with Crippen molar-refractivity contribution in [1.29, 1.82) is 0 Å². The van der Waals surface area contributed by atoms with Gasteiger partial charge in [-0.25, -0.2) is 4.98 Å². The summed E-state index contributed by atoms with van der Waals surface area (Å²) in [4.78, 5) is 6.83. The molecule has 3 heterocycles. The first-order valence-corrected chi connectivity index (χ1v) is 11.2. The van der Waals surface area contributed by atoms with E-state index in [4.69, 9.17) is 4.42 Å². The van der Waals surface area contributed by atoms with Gasteiger partial charge >= 0.3 is 0 Å². The van der Waals surface area contributed by atoms with Crippen LogP contribution in [0.2, 0.25) is 0 Å². The Hall–Kier alpha value is -1.95. The van der Waals surface area contributed by atoms with Gasteiger partial charge in [0.25, 0.3) is 5.89 Å². The smallest absolute Gasteiger partial charge is 0.265 e. The lowest BCUT2D eigenvalue weighted by Crippen LogP contribution is -2.39. The van der Waals surface area contributed by atoms with E-state index < -0.39 is 0 Å². The topological polar surface area (TPSA) is 60.0 Å². The van der Waals surface area contributed by atoms with E-state index in [9.17, 15) is 0 Å². The van der Waals surface area contributed by atoms with Gasteiger partial charge in [-0.15, -0.1) is 10.2 Å². The Morgan fingerprint density at radius 2 is 1.97 bits per heavy atom. The zero-order chi connectivity index (χ0) is 20.4. The molecule has 3 unspecified atom stereocenters. The van der Waals surface area contributed by atoms with Crippen LogP contribution in [-0.2, 0) is 13.5 Å². The number of piperidine rings is 1. The molecule has 1 aliphatic carbocycles. The summed E-state index contributed by atoms with van der Waals surface area (Å²) in [5.41, 5.74) is 2.35. The third-order valence-corrected chi connectivity index (χ3v) is 6.93. The largest absolute Gasteiger partial charge is 0.419 e. The number of aryl methyl sites for hydroxylation is 1. The lowest BCUT2D eigenvalue weighted by Gasteiger charge is -2.40. The van der Waals surface area contributed by atoms with Crippen LogP contribution in [0.1, 0.15) is 52.3 Å². The Balaban J connectivity index is 1.46. The van der Waals surface area contributed by atoms with E-state index in [1.165, 1.54) is 50.9 Å².